The number of nitrogens with zero attached hydrogens (tertiary/aromatic N) is 1. The average molecular weight is 256 g/mol. The van der Waals surface area contributed by atoms with Crippen LogP contribution in [0.4, 0.5) is 0 Å². The molecule has 0 spiro atoms. The highest BCUT2D eigenvalue weighted by Crippen LogP contribution is 2.38. The Kier molecular flexibility index (Phi) is 2.60. The first kappa shape index (κ1) is 11.0. The van der Waals surface area contributed by atoms with Gasteiger partial charge in [-0.15, -0.1) is 0 Å². The van der Waals surface area contributed by atoms with Gasteiger partial charge in [-0.05, 0) is 19.8 Å². The number of aryl methyl sites for hydroxylation is 1. The molecule has 1 saturated carbocycles. The maximum atomic E-state index is 12.0. The lowest BCUT2D eigenvalue weighted by atomic mass is 9.76. The minimum absolute atomic E-state index is 0.199. The first-order valence-electron chi connectivity index (χ1n) is 5.79. The van der Waals surface area contributed by atoms with Crippen molar-refractivity contribution in [3.63, 3.8) is 0 Å². The third-order valence-electron chi connectivity index (χ3n) is 3.67. The number of carbonyl (C=O) groups is 1. The number of rotatable bonds is 2. The molecule has 2 N–H and O–H groups in total. The fourth-order valence-corrected chi connectivity index (χ4v) is 2.74. The predicted molar refractivity (Wildman–Crippen MR) is 62.1 cm³/mol. The van der Waals surface area contributed by atoms with Crippen molar-refractivity contribution in [1.82, 2.24) is 15.5 Å². The lowest BCUT2D eigenvalue weighted by molar-refractivity contribution is 0.00803. The van der Waals surface area contributed by atoms with Crippen LogP contribution in [0.5, 0.6) is 0 Å². The Hall–Kier alpha value is -1.07. The Morgan fingerprint density at radius 3 is 3.12 bits per heavy atom. The van der Waals surface area contributed by atoms with E-state index >= 15 is 0 Å². The SMILES string of the molecule is Cc1[nH]nc(C(=O)N[C@@H]2C[C@H]3OCC[C@@H]23)c1Cl. The van der Waals surface area contributed by atoms with Crippen molar-refractivity contribution in [3.8, 4) is 0 Å². The molecule has 1 aromatic rings. The Labute approximate surface area is 104 Å². The van der Waals surface area contributed by atoms with Gasteiger partial charge in [-0.3, -0.25) is 9.89 Å². The molecule has 5 nitrogen and oxygen atoms in total. The second-order valence-electron chi connectivity index (χ2n) is 4.69. The smallest absolute Gasteiger partial charge is 0.273 e. The van der Waals surface area contributed by atoms with Crippen LogP contribution in [0, 0.1) is 12.8 Å². The van der Waals surface area contributed by atoms with Gasteiger partial charge in [-0.2, -0.15) is 5.10 Å². The third kappa shape index (κ3) is 1.73. The summed E-state index contributed by atoms with van der Waals surface area (Å²) in [5.74, 6) is 0.271. The zero-order chi connectivity index (χ0) is 12.0. The van der Waals surface area contributed by atoms with Crippen molar-refractivity contribution in [1.29, 1.82) is 0 Å². The number of H-pyrrole nitrogens is 1. The normalized spacial score (nSPS) is 30.8. The van der Waals surface area contributed by atoms with E-state index in [4.69, 9.17) is 16.3 Å². The van der Waals surface area contributed by atoms with Crippen LogP contribution in [0.2, 0.25) is 5.02 Å². The molecule has 1 aromatic heterocycles. The van der Waals surface area contributed by atoms with Crippen LogP contribution in [0.1, 0.15) is 29.0 Å². The summed E-state index contributed by atoms with van der Waals surface area (Å²) in [5.41, 5.74) is 0.999. The Bertz CT molecular complexity index is 460. The van der Waals surface area contributed by atoms with Crippen LogP contribution in [0.25, 0.3) is 0 Å². The maximum Gasteiger partial charge on any atom is 0.273 e. The molecule has 0 aromatic carbocycles. The van der Waals surface area contributed by atoms with Gasteiger partial charge in [0.25, 0.3) is 5.91 Å². The summed E-state index contributed by atoms with van der Waals surface area (Å²) in [6, 6.07) is 0.211. The lowest BCUT2D eigenvalue weighted by Gasteiger charge is -2.39. The number of ether oxygens (including phenoxy) is 1. The molecule has 1 saturated heterocycles. The van der Waals surface area contributed by atoms with E-state index in [0.29, 0.717) is 22.7 Å². The molecule has 2 heterocycles. The molecule has 1 aliphatic heterocycles. The molecule has 0 unspecified atom stereocenters. The van der Waals surface area contributed by atoms with E-state index in [2.05, 4.69) is 15.5 Å². The summed E-state index contributed by atoms with van der Waals surface area (Å²) in [6.45, 7) is 2.60. The van der Waals surface area contributed by atoms with Gasteiger partial charge in [0, 0.05) is 18.6 Å². The van der Waals surface area contributed by atoms with Gasteiger partial charge >= 0.3 is 0 Å². The molecule has 3 atom stereocenters. The molecule has 2 fully saturated rings. The quantitative estimate of drug-likeness (QED) is 0.837. The number of carbonyl (C=O) groups excluding carboxylic acids is 1. The maximum absolute atomic E-state index is 12.0. The number of halogens is 1. The minimum atomic E-state index is -0.199. The van der Waals surface area contributed by atoms with Crippen LogP contribution < -0.4 is 5.32 Å². The predicted octanol–water partition coefficient (Wildman–Crippen LogP) is 1.28. The van der Waals surface area contributed by atoms with Gasteiger partial charge in [0.05, 0.1) is 16.8 Å². The highest BCUT2D eigenvalue weighted by atomic mass is 35.5. The highest BCUT2D eigenvalue weighted by molar-refractivity contribution is 6.34. The number of hydrogen-bond acceptors (Lipinski definition) is 3. The number of fused-ring (bicyclic) bond motifs is 1. The van der Waals surface area contributed by atoms with Crippen LogP contribution in [-0.4, -0.2) is 34.9 Å². The lowest BCUT2D eigenvalue weighted by Crippen LogP contribution is -2.53. The number of amides is 1. The van der Waals surface area contributed by atoms with E-state index in [1.165, 1.54) is 0 Å². The summed E-state index contributed by atoms with van der Waals surface area (Å²) in [7, 11) is 0. The van der Waals surface area contributed by atoms with Crippen molar-refractivity contribution >= 4 is 17.5 Å². The second-order valence-corrected chi connectivity index (χ2v) is 5.07. The third-order valence-corrected chi connectivity index (χ3v) is 4.13. The summed E-state index contributed by atoms with van der Waals surface area (Å²) >= 11 is 5.98. The molecule has 0 radical (unpaired) electrons. The number of nitrogens with one attached hydrogen (secondary N) is 2. The van der Waals surface area contributed by atoms with E-state index < -0.39 is 0 Å². The zero-order valence-electron chi connectivity index (χ0n) is 9.50. The van der Waals surface area contributed by atoms with E-state index in [0.717, 1.165) is 19.4 Å². The first-order chi connectivity index (χ1) is 8.16. The Balaban J connectivity index is 1.66. The van der Waals surface area contributed by atoms with Crippen LogP contribution in [0.15, 0.2) is 0 Å². The number of aromatic nitrogens is 2. The number of aromatic amines is 1. The molecule has 3 rings (SSSR count). The molecule has 0 bridgehead atoms. The Morgan fingerprint density at radius 2 is 2.47 bits per heavy atom. The van der Waals surface area contributed by atoms with Gasteiger partial charge in [-0.25, -0.2) is 0 Å². The van der Waals surface area contributed by atoms with E-state index in [-0.39, 0.29) is 17.6 Å². The summed E-state index contributed by atoms with van der Waals surface area (Å²) in [6.07, 6.45) is 2.28. The van der Waals surface area contributed by atoms with E-state index in [1.807, 2.05) is 0 Å². The standard InChI is InChI=1S/C11H14ClN3O2/c1-5-9(12)10(15-14-5)11(16)13-7-4-8-6(7)2-3-17-8/h6-8H,2-4H2,1H3,(H,13,16)(H,14,15)/t6-,7+,8+/m0/s1. The molecule has 2 aliphatic rings. The van der Waals surface area contributed by atoms with E-state index in [9.17, 15) is 4.79 Å². The molecule has 1 amide bonds. The first-order valence-corrected chi connectivity index (χ1v) is 6.17. The topological polar surface area (TPSA) is 67.0 Å². The fraction of sp³-hybridized carbons (Fsp3) is 0.636. The van der Waals surface area contributed by atoms with Crippen molar-refractivity contribution in [2.24, 2.45) is 5.92 Å². The highest BCUT2D eigenvalue weighted by Gasteiger charge is 2.46. The molecule has 6 heteroatoms. The molecular formula is C11H14ClN3O2. The molecule has 1 aliphatic carbocycles. The van der Waals surface area contributed by atoms with Crippen LogP contribution >= 0.6 is 11.6 Å². The summed E-state index contributed by atoms with van der Waals surface area (Å²) in [5, 5.41) is 9.99. The van der Waals surface area contributed by atoms with E-state index in [1.54, 1.807) is 6.92 Å². The summed E-state index contributed by atoms with van der Waals surface area (Å²) in [4.78, 5) is 12.0. The van der Waals surface area contributed by atoms with Crippen molar-refractivity contribution < 1.29 is 9.53 Å². The second kappa shape index (κ2) is 3.99. The zero-order valence-corrected chi connectivity index (χ0v) is 10.3. The molecule has 92 valence electrons. The minimum Gasteiger partial charge on any atom is -0.378 e. The Morgan fingerprint density at radius 1 is 1.65 bits per heavy atom. The number of hydrogen-bond donors (Lipinski definition) is 2. The van der Waals surface area contributed by atoms with Gasteiger partial charge in [0.1, 0.15) is 0 Å². The van der Waals surface area contributed by atoms with Gasteiger partial charge in [-0.1, -0.05) is 11.6 Å². The van der Waals surface area contributed by atoms with Crippen LogP contribution in [0.3, 0.4) is 0 Å². The van der Waals surface area contributed by atoms with Gasteiger partial charge in [0.2, 0.25) is 0 Å². The largest absolute Gasteiger partial charge is 0.378 e. The molecular weight excluding hydrogens is 242 g/mol. The fourth-order valence-electron chi connectivity index (χ4n) is 2.57. The van der Waals surface area contributed by atoms with Crippen LogP contribution in [-0.2, 0) is 4.74 Å². The molecule has 17 heavy (non-hydrogen) atoms. The van der Waals surface area contributed by atoms with Crippen molar-refractivity contribution in [2.75, 3.05) is 6.61 Å². The van der Waals surface area contributed by atoms with Crippen molar-refractivity contribution in [2.45, 2.75) is 31.9 Å². The monoisotopic (exact) mass is 255 g/mol. The van der Waals surface area contributed by atoms with Crippen molar-refractivity contribution in [3.05, 3.63) is 16.4 Å². The summed E-state index contributed by atoms with van der Waals surface area (Å²) < 4.78 is 5.50. The van der Waals surface area contributed by atoms with Gasteiger partial charge in [0.15, 0.2) is 5.69 Å². The average Bonchev–Trinajstić information content (AvgIpc) is 2.81. The van der Waals surface area contributed by atoms with Gasteiger partial charge < -0.3 is 10.1 Å².